The minimum atomic E-state index is -1.37. The van der Waals surface area contributed by atoms with Gasteiger partial charge in [-0.15, -0.1) is 0 Å². The van der Waals surface area contributed by atoms with Crippen LogP contribution in [0.15, 0.2) is 53.4 Å². The Bertz CT molecular complexity index is 1030. The van der Waals surface area contributed by atoms with Crippen molar-refractivity contribution in [3.63, 3.8) is 0 Å². The Kier molecular flexibility index (Phi) is 8.07. The molecule has 1 fully saturated rings. The molecule has 0 aromatic heterocycles. The molecule has 35 heavy (non-hydrogen) atoms. The van der Waals surface area contributed by atoms with Crippen molar-refractivity contribution in [2.45, 2.75) is 35.5 Å². The summed E-state index contributed by atoms with van der Waals surface area (Å²) in [5.74, 6) is -0.359. The number of piperazine rings is 1. The molecule has 9 heteroatoms. The Morgan fingerprint density at radius 1 is 1.14 bits per heavy atom. The number of aliphatic carboxylic acids is 1. The van der Waals surface area contributed by atoms with E-state index < -0.39 is 22.8 Å². The van der Waals surface area contributed by atoms with Crippen LogP contribution < -0.4 is 14.4 Å². The third kappa shape index (κ3) is 5.85. The Morgan fingerprint density at radius 3 is 2.54 bits per heavy atom. The van der Waals surface area contributed by atoms with E-state index in [1.807, 2.05) is 6.07 Å². The Hall–Kier alpha value is -2.91. The molecule has 188 valence electrons. The average Bonchev–Trinajstić information content (AvgIpc) is 3.01. The maximum Gasteiger partial charge on any atom is 0.324 e. The van der Waals surface area contributed by atoms with E-state index in [0.29, 0.717) is 29.2 Å². The molecule has 0 spiro atoms. The topological polar surface area (TPSA) is 88.5 Å². The first-order valence-corrected chi connectivity index (χ1v) is 12.7. The average molecular weight is 501 g/mol. The summed E-state index contributed by atoms with van der Waals surface area (Å²) in [7, 11) is 1.56. The van der Waals surface area contributed by atoms with Gasteiger partial charge in [-0.2, -0.15) is 0 Å². The number of methoxy groups -OCH3 is 1. The molecule has 0 aliphatic carbocycles. The van der Waals surface area contributed by atoms with Gasteiger partial charge in [-0.05, 0) is 49.7 Å². The van der Waals surface area contributed by atoms with Crippen molar-refractivity contribution in [1.82, 2.24) is 4.90 Å². The SMILES string of the molecule is COc1ccc2c(c1)SC(CCCN1CCN(c3ccccc3)CC1)(C(=O)O)C(OC(C)=O)CO2. The van der Waals surface area contributed by atoms with Gasteiger partial charge in [0.2, 0.25) is 0 Å². The lowest BCUT2D eigenvalue weighted by molar-refractivity contribution is -0.156. The minimum Gasteiger partial charge on any atom is -0.497 e. The number of para-hydroxylation sites is 1. The molecule has 1 N–H and O–H groups in total. The molecule has 2 atom stereocenters. The molecule has 0 radical (unpaired) electrons. The summed E-state index contributed by atoms with van der Waals surface area (Å²) in [6, 6.07) is 15.7. The van der Waals surface area contributed by atoms with Gasteiger partial charge in [0, 0.05) is 38.8 Å². The van der Waals surface area contributed by atoms with Crippen molar-refractivity contribution in [3.05, 3.63) is 48.5 Å². The number of benzene rings is 2. The van der Waals surface area contributed by atoms with Gasteiger partial charge < -0.3 is 24.2 Å². The first-order chi connectivity index (χ1) is 16.9. The number of carboxylic acids is 1. The maximum atomic E-state index is 12.7. The van der Waals surface area contributed by atoms with Gasteiger partial charge >= 0.3 is 11.9 Å². The number of hydrogen-bond acceptors (Lipinski definition) is 8. The van der Waals surface area contributed by atoms with Crippen LogP contribution in [0.4, 0.5) is 5.69 Å². The molecular formula is C26H32N2O6S. The van der Waals surface area contributed by atoms with Crippen LogP contribution in [0.3, 0.4) is 0 Å². The number of fused-ring (bicyclic) bond motifs is 1. The summed E-state index contributed by atoms with van der Waals surface area (Å²) in [5, 5.41) is 10.4. The zero-order chi connectivity index (χ0) is 24.8. The van der Waals surface area contributed by atoms with Gasteiger partial charge in [0.05, 0.1) is 12.0 Å². The van der Waals surface area contributed by atoms with E-state index in [1.165, 1.54) is 24.4 Å². The van der Waals surface area contributed by atoms with Crippen molar-refractivity contribution < 1.29 is 28.9 Å². The van der Waals surface area contributed by atoms with E-state index in [-0.39, 0.29) is 6.61 Å². The van der Waals surface area contributed by atoms with E-state index in [9.17, 15) is 14.7 Å². The second kappa shape index (κ2) is 11.2. The molecule has 4 rings (SSSR count). The Balaban J connectivity index is 1.45. The van der Waals surface area contributed by atoms with Crippen LogP contribution in [0, 0.1) is 0 Å². The number of esters is 1. The van der Waals surface area contributed by atoms with Gasteiger partial charge in [-0.25, -0.2) is 0 Å². The quantitative estimate of drug-likeness (QED) is 0.547. The zero-order valence-electron chi connectivity index (χ0n) is 20.1. The van der Waals surface area contributed by atoms with Gasteiger partial charge in [0.15, 0.2) is 10.9 Å². The fraction of sp³-hybridized carbons (Fsp3) is 0.462. The molecule has 2 heterocycles. The number of thioether (sulfide) groups is 1. The van der Waals surface area contributed by atoms with Gasteiger partial charge in [-0.1, -0.05) is 30.0 Å². The van der Waals surface area contributed by atoms with Crippen molar-refractivity contribution in [1.29, 1.82) is 0 Å². The highest BCUT2D eigenvalue weighted by Gasteiger charge is 2.51. The zero-order valence-corrected chi connectivity index (χ0v) is 21.0. The standard InChI is InChI=1S/C26H32N2O6S/c1-19(29)34-24-18-33-22-10-9-21(32-2)17-23(22)35-26(24,25(30)31)11-6-12-27-13-15-28(16-14-27)20-7-4-3-5-8-20/h3-5,7-10,17,24H,6,11-16,18H2,1-2H3,(H,30,31). The molecule has 8 nitrogen and oxygen atoms in total. The van der Waals surface area contributed by atoms with Crippen LogP contribution in [0.5, 0.6) is 11.5 Å². The fourth-order valence-corrected chi connectivity index (χ4v) is 6.02. The number of carboxylic acid groups (broad SMARTS) is 1. The second-order valence-electron chi connectivity index (χ2n) is 8.79. The molecule has 0 bridgehead atoms. The molecule has 2 aromatic carbocycles. The fourth-order valence-electron chi connectivity index (χ4n) is 4.64. The van der Waals surface area contributed by atoms with Gasteiger partial charge in [0.1, 0.15) is 18.1 Å². The van der Waals surface area contributed by atoms with Crippen LogP contribution in [0.2, 0.25) is 0 Å². The summed E-state index contributed by atoms with van der Waals surface area (Å²) in [6.07, 6.45) is 0.0711. The lowest BCUT2D eigenvalue weighted by Gasteiger charge is -2.37. The van der Waals surface area contributed by atoms with Gasteiger partial charge in [0.25, 0.3) is 0 Å². The van der Waals surface area contributed by atoms with Gasteiger partial charge in [-0.3, -0.25) is 14.5 Å². The normalized spacial score (nSPS) is 22.5. The highest BCUT2D eigenvalue weighted by molar-refractivity contribution is 8.01. The molecule has 0 amide bonds. The van der Waals surface area contributed by atoms with Crippen LogP contribution in [-0.4, -0.2) is 79.2 Å². The monoisotopic (exact) mass is 500 g/mol. The predicted molar refractivity (Wildman–Crippen MR) is 135 cm³/mol. The summed E-state index contributed by atoms with van der Waals surface area (Å²) in [4.78, 5) is 30.0. The molecule has 1 saturated heterocycles. The van der Waals surface area contributed by atoms with Crippen LogP contribution in [0.1, 0.15) is 19.8 Å². The van der Waals surface area contributed by atoms with Crippen molar-refractivity contribution >= 4 is 29.4 Å². The molecule has 2 aliphatic heterocycles. The summed E-state index contributed by atoms with van der Waals surface area (Å²) in [6.45, 7) is 5.74. The molecular weight excluding hydrogens is 468 g/mol. The highest BCUT2D eigenvalue weighted by Crippen LogP contribution is 2.48. The second-order valence-corrected chi connectivity index (χ2v) is 10.2. The number of hydrogen-bond donors (Lipinski definition) is 1. The van der Waals surface area contributed by atoms with E-state index >= 15 is 0 Å². The number of nitrogens with zero attached hydrogens (tertiary/aromatic N) is 2. The summed E-state index contributed by atoms with van der Waals surface area (Å²) in [5.41, 5.74) is 1.23. The number of anilines is 1. The number of ether oxygens (including phenoxy) is 3. The Morgan fingerprint density at radius 2 is 1.89 bits per heavy atom. The highest BCUT2D eigenvalue weighted by atomic mass is 32.2. The first-order valence-electron chi connectivity index (χ1n) is 11.8. The lowest BCUT2D eigenvalue weighted by Crippen LogP contribution is -2.51. The molecule has 0 saturated carbocycles. The molecule has 2 aliphatic rings. The smallest absolute Gasteiger partial charge is 0.324 e. The van der Waals surface area contributed by atoms with Crippen molar-refractivity contribution in [3.8, 4) is 11.5 Å². The van der Waals surface area contributed by atoms with Crippen molar-refractivity contribution in [2.75, 3.05) is 51.3 Å². The molecule has 2 aromatic rings. The predicted octanol–water partition coefficient (Wildman–Crippen LogP) is 3.54. The first kappa shape index (κ1) is 25.2. The van der Waals surface area contributed by atoms with Crippen LogP contribution >= 0.6 is 11.8 Å². The maximum absolute atomic E-state index is 12.7. The largest absolute Gasteiger partial charge is 0.497 e. The minimum absolute atomic E-state index is 0.0199. The van der Waals surface area contributed by atoms with Crippen LogP contribution in [-0.2, 0) is 14.3 Å². The molecule has 2 unspecified atom stereocenters. The van der Waals surface area contributed by atoms with E-state index in [0.717, 1.165) is 32.7 Å². The Labute approximate surface area is 210 Å². The van der Waals surface area contributed by atoms with E-state index in [2.05, 4.69) is 34.1 Å². The third-order valence-electron chi connectivity index (χ3n) is 6.54. The number of carbonyl (C=O) groups excluding carboxylic acids is 1. The lowest BCUT2D eigenvalue weighted by atomic mass is 9.95. The van der Waals surface area contributed by atoms with E-state index in [1.54, 1.807) is 25.3 Å². The van der Waals surface area contributed by atoms with Crippen molar-refractivity contribution in [2.24, 2.45) is 0 Å². The third-order valence-corrected chi connectivity index (χ3v) is 8.08. The number of carbonyl (C=O) groups is 2. The summed E-state index contributed by atoms with van der Waals surface area (Å²) >= 11 is 1.19. The summed E-state index contributed by atoms with van der Waals surface area (Å²) < 4.78 is 15.4. The number of rotatable bonds is 8. The van der Waals surface area contributed by atoms with Crippen LogP contribution in [0.25, 0.3) is 0 Å². The van der Waals surface area contributed by atoms with E-state index in [4.69, 9.17) is 14.2 Å².